The Hall–Kier alpha value is -0.203. The highest BCUT2D eigenvalue weighted by molar-refractivity contribution is 7.81. The molecule has 1 N–H and O–H groups in total. The first kappa shape index (κ1) is 19.8. The molecule has 4 nitrogen and oxygen atoms in total. The van der Waals surface area contributed by atoms with Crippen molar-refractivity contribution in [2.45, 2.75) is 70.5 Å². The summed E-state index contributed by atoms with van der Waals surface area (Å²) in [6.07, 6.45) is -0.913. The van der Waals surface area contributed by atoms with Gasteiger partial charge in [-0.05, 0) is 38.9 Å². The van der Waals surface area contributed by atoms with Crippen LogP contribution in [0.25, 0.3) is 0 Å². The molecule has 120 valence electrons. The fourth-order valence-electron chi connectivity index (χ4n) is 1.42. The van der Waals surface area contributed by atoms with Gasteiger partial charge in [-0.25, -0.2) is 4.79 Å². The molecule has 0 aromatic heterocycles. The SMILES string of the molecule is CC(C)(C)N(C[C@@H](S)CO[Si](C)(C)C(C)(C)C)C(=O)O. The van der Waals surface area contributed by atoms with Crippen molar-refractivity contribution < 1.29 is 14.3 Å². The Morgan fingerprint density at radius 2 is 1.70 bits per heavy atom. The van der Waals surface area contributed by atoms with E-state index < -0.39 is 19.9 Å². The van der Waals surface area contributed by atoms with Gasteiger partial charge in [0.15, 0.2) is 8.32 Å². The van der Waals surface area contributed by atoms with Gasteiger partial charge in [0.25, 0.3) is 0 Å². The van der Waals surface area contributed by atoms with E-state index in [-0.39, 0.29) is 10.3 Å². The molecule has 0 aliphatic rings. The van der Waals surface area contributed by atoms with Crippen LogP contribution in [-0.4, -0.2) is 48.4 Å². The minimum atomic E-state index is -1.81. The van der Waals surface area contributed by atoms with Crippen molar-refractivity contribution in [3.8, 4) is 0 Å². The molecule has 0 aliphatic heterocycles. The molecule has 0 aromatic rings. The summed E-state index contributed by atoms with van der Waals surface area (Å²) in [6, 6.07) is 0. The molecule has 1 amide bonds. The average molecular weight is 322 g/mol. The van der Waals surface area contributed by atoms with Gasteiger partial charge in [0.1, 0.15) is 0 Å². The van der Waals surface area contributed by atoms with Crippen LogP contribution in [-0.2, 0) is 4.43 Å². The smallest absolute Gasteiger partial charge is 0.407 e. The van der Waals surface area contributed by atoms with E-state index in [1.165, 1.54) is 4.90 Å². The van der Waals surface area contributed by atoms with Gasteiger partial charge in [0, 0.05) is 23.9 Å². The monoisotopic (exact) mass is 321 g/mol. The summed E-state index contributed by atoms with van der Waals surface area (Å²) in [5.74, 6) is 0. The molecule has 0 bridgehead atoms. The number of carbonyl (C=O) groups is 1. The van der Waals surface area contributed by atoms with Crippen LogP contribution in [0.1, 0.15) is 41.5 Å². The zero-order valence-electron chi connectivity index (χ0n) is 14.1. The number of hydrogen-bond acceptors (Lipinski definition) is 3. The second-order valence-corrected chi connectivity index (χ2v) is 13.3. The van der Waals surface area contributed by atoms with Crippen molar-refractivity contribution in [3.63, 3.8) is 0 Å². The normalized spacial score (nSPS) is 15.1. The Balaban J connectivity index is 4.57. The number of carboxylic acid groups (broad SMARTS) is 1. The van der Waals surface area contributed by atoms with E-state index in [2.05, 4.69) is 46.5 Å². The third-order valence-electron chi connectivity index (χ3n) is 3.88. The van der Waals surface area contributed by atoms with Crippen molar-refractivity contribution in [1.82, 2.24) is 4.90 Å². The Kier molecular flexibility index (Phi) is 6.64. The molecular formula is C14H31NO3SSi. The second kappa shape index (κ2) is 6.71. The fourth-order valence-corrected chi connectivity index (χ4v) is 2.85. The van der Waals surface area contributed by atoms with Crippen LogP contribution in [0.2, 0.25) is 18.1 Å². The summed E-state index contributed by atoms with van der Waals surface area (Å²) in [5.41, 5.74) is -0.427. The molecule has 0 fully saturated rings. The maximum absolute atomic E-state index is 11.3. The largest absolute Gasteiger partial charge is 0.465 e. The van der Waals surface area contributed by atoms with Gasteiger partial charge in [-0.1, -0.05) is 20.8 Å². The first-order valence-electron chi connectivity index (χ1n) is 7.01. The summed E-state index contributed by atoms with van der Waals surface area (Å²) in [5, 5.41) is 9.31. The molecule has 0 aliphatic carbocycles. The van der Waals surface area contributed by atoms with Crippen molar-refractivity contribution in [1.29, 1.82) is 0 Å². The predicted molar refractivity (Wildman–Crippen MR) is 90.4 cm³/mol. The van der Waals surface area contributed by atoms with Crippen LogP contribution >= 0.6 is 12.6 Å². The maximum Gasteiger partial charge on any atom is 0.407 e. The van der Waals surface area contributed by atoms with E-state index in [1.54, 1.807) is 0 Å². The molecular weight excluding hydrogens is 290 g/mol. The summed E-state index contributed by atoms with van der Waals surface area (Å²) < 4.78 is 6.09. The molecule has 0 spiro atoms. The summed E-state index contributed by atoms with van der Waals surface area (Å²) in [4.78, 5) is 12.7. The summed E-state index contributed by atoms with van der Waals surface area (Å²) in [7, 11) is -1.81. The predicted octanol–water partition coefficient (Wildman–Crippen LogP) is 4.09. The molecule has 0 saturated heterocycles. The quantitative estimate of drug-likeness (QED) is 0.592. The topological polar surface area (TPSA) is 49.8 Å². The van der Waals surface area contributed by atoms with Crippen LogP contribution in [0.5, 0.6) is 0 Å². The van der Waals surface area contributed by atoms with Crippen LogP contribution in [0.15, 0.2) is 0 Å². The van der Waals surface area contributed by atoms with Crippen LogP contribution in [0, 0.1) is 0 Å². The first-order valence-corrected chi connectivity index (χ1v) is 10.4. The molecule has 0 rings (SSSR count). The van der Waals surface area contributed by atoms with Crippen molar-refractivity contribution >= 4 is 27.0 Å². The maximum atomic E-state index is 11.3. The Morgan fingerprint density at radius 3 is 2.00 bits per heavy atom. The lowest BCUT2D eigenvalue weighted by molar-refractivity contribution is 0.0972. The standard InChI is InChI=1S/C14H31NO3SSi/c1-13(2,3)15(12(16)17)9-11(19)10-18-20(7,8)14(4,5)6/h11,19H,9-10H2,1-8H3,(H,16,17)/t11-/m1/s1. The first-order chi connectivity index (χ1) is 8.68. The van der Waals surface area contributed by atoms with Gasteiger partial charge < -0.3 is 14.4 Å². The molecule has 1 atom stereocenters. The Labute approximate surface area is 130 Å². The van der Waals surface area contributed by atoms with Crippen LogP contribution < -0.4 is 0 Å². The molecule has 0 saturated carbocycles. The molecule has 0 unspecified atom stereocenters. The number of rotatable bonds is 5. The van der Waals surface area contributed by atoms with E-state index in [0.717, 1.165) is 0 Å². The average Bonchev–Trinajstić information content (AvgIpc) is 2.19. The Bertz CT molecular complexity index is 334. The van der Waals surface area contributed by atoms with E-state index in [0.29, 0.717) is 13.2 Å². The minimum absolute atomic E-state index is 0.112. The van der Waals surface area contributed by atoms with Gasteiger partial charge in [0.2, 0.25) is 0 Å². The zero-order chi connectivity index (χ0) is 16.4. The van der Waals surface area contributed by atoms with E-state index >= 15 is 0 Å². The third-order valence-corrected chi connectivity index (χ3v) is 8.69. The lowest BCUT2D eigenvalue weighted by atomic mass is 10.1. The fraction of sp³-hybridized carbons (Fsp3) is 0.929. The third kappa shape index (κ3) is 6.05. The van der Waals surface area contributed by atoms with Gasteiger partial charge in [-0.2, -0.15) is 12.6 Å². The number of amides is 1. The summed E-state index contributed by atoms with van der Waals surface area (Å²) in [6.45, 7) is 17.4. The number of nitrogens with zero attached hydrogens (tertiary/aromatic N) is 1. The molecule has 20 heavy (non-hydrogen) atoms. The van der Waals surface area contributed by atoms with Crippen molar-refractivity contribution in [3.05, 3.63) is 0 Å². The van der Waals surface area contributed by atoms with Gasteiger partial charge in [-0.15, -0.1) is 0 Å². The van der Waals surface area contributed by atoms with Gasteiger partial charge in [-0.3, -0.25) is 0 Å². The number of hydrogen-bond donors (Lipinski definition) is 2. The highest BCUT2D eigenvalue weighted by Gasteiger charge is 2.37. The van der Waals surface area contributed by atoms with Crippen molar-refractivity contribution in [2.24, 2.45) is 0 Å². The van der Waals surface area contributed by atoms with E-state index in [4.69, 9.17) is 4.43 Å². The molecule has 0 radical (unpaired) electrons. The van der Waals surface area contributed by atoms with Crippen molar-refractivity contribution in [2.75, 3.05) is 13.2 Å². The lowest BCUT2D eigenvalue weighted by Gasteiger charge is -2.38. The van der Waals surface area contributed by atoms with Crippen LogP contribution in [0.4, 0.5) is 4.79 Å². The van der Waals surface area contributed by atoms with E-state index in [1.807, 2.05) is 20.8 Å². The van der Waals surface area contributed by atoms with Gasteiger partial charge >= 0.3 is 6.09 Å². The highest BCUT2D eigenvalue weighted by Crippen LogP contribution is 2.36. The lowest BCUT2D eigenvalue weighted by Crippen LogP contribution is -2.49. The van der Waals surface area contributed by atoms with E-state index in [9.17, 15) is 9.90 Å². The zero-order valence-corrected chi connectivity index (χ0v) is 16.0. The minimum Gasteiger partial charge on any atom is -0.465 e. The summed E-state index contributed by atoms with van der Waals surface area (Å²) >= 11 is 4.50. The van der Waals surface area contributed by atoms with Crippen LogP contribution in [0.3, 0.4) is 0 Å². The number of thiol groups is 1. The molecule has 0 heterocycles. The van der Waals surface area contributed by atoms with Gasteiger partial charge in [0.05, 0.1) is 0 Å². The molecule has 6 heteroatoms. The highest BCUT2D eigenvalue weighted by atomic mass is 32.1. The molecule has 0 aromatic carbocycles. The Morgan fingerprint density at radius 1 is 1.25 bits per heavy atom. The second-order valence-electron chi connectivity index (χ2n) is 7.79.